The maximum atomic E-state index is 13.7. The van der Waals surface area contributed by atoms with Gasteiger partial charge < -0.3 is 11.1 Å². The average molecular weight is 323 g/mol. The molecule has 0 atom stereocenters. The van der Waals surface area contributed by atoms with E-state index in [9.17, 15) is 9.18 Å². The minimum absolute atomic E-state index is 0.107. The molecule has 0 saturated heterocycles. The summed E-state index contributed by atoms with van der Waals surface area (Å²) in [6.45, 7) is 1.78. The van der Waals surface area contributed by atoms with Gasteiger partial charge >= 0.3 is 0 Å². The summed E-state index contributed by atoms with van der Waals surface area (Å²) in [5.41, 5.74) is 7.36. The molecular weight excluding hydrogens is 311 g/mol. The number of hydrogen-bond donors (Lipinski definition) is 2. The van der Waals surface area contributed by atoms with E-state index in [4.69, 9.17) is 5.73 Å². The second-order valence-corrected chi connectivity index (χ2v) is 4.94. The van der Waals surface area contributed by atoms with E-state index in [1.54, 1.807) is 37.3 Å². The van der Waals surface area contributed by atoms with E-state index in [2.05, 4.69) is 21.2 Å². The number of rotatable bonds is 2. The van der Waals surface area contributed by atoms with Gasteiger partial charge in [0.2, 0.25) is 0 Å². The highest BCUT2D eigenvalue weighted by molar-refractivity contribution is 9.10. The standard InChI is InChI=1S/C14H12BrFN2O/c1-8-4-2-7-11(17)12(8)14(19)18-13-9(15)5-3-6-10(13)16/h2-7H,17H2,1H3,(H,18,19). The molecule has 2 aromatic rings. The number of para-hydroxylation sites is 1. The molecule has 2 aromatic carbocycles. The number of carbonyl (C=O) groups excluding carboxylic acids is 1. The number of carbonyl (C=O) groups is 1. The average Bonchev–Trinajstić information content (AvgIpc) is 2.34. The van der Waals surface area contributed by atoms with Crippen molar-refractivity contribution in [2.75, 3.05) is 11.1 Å². The van der Waals surface area contributed by atoms with E-state index in [1.165, 1.54) is 6.07 Å². The van der Waals surface area contributed by atoms with Crippen molar-refractivity contribution in [3.05, 3.63) is 57.8 Å². The number of anilines is 2. The summed E-state index contributed by atoms with van der Waals surface area (Å²) in [6.07, 6.45) is 0. The second-order valence-electron chi connectivity index (χ2n) is 4.09. The van der Waals surface area contributed by atoms with Gasteiger partial charge in [-0.1, -0.05) is 18.2 Å². The molecule has 0 fully saturated rings. The highest BCUT2D eigenvalue weighted by atomic mass is 79.9. The minimum atomic E-state index is -0.505. The van der Waals surface area contributed by atoms with E-state index < -0.39 is 11.7 Å². The molecule has 0 heterocycles. The molecule has 2 rings (SSSR count). The molecule has 98 valence electrons. The van der Waals surface area contributed by atoms with Crippen LogP contribution in [0.3, 0.4) is 0 Å². The van der Waals surface area contributed by atoms with Crippen molar-refractivity contribution in [2.24, 2.45) is 0 Å². The Balaban J connectivity index is 2.37. The Morgan fingerprint density at radius 3 is 2.58 bits per heavy atom. The third-order valence-corrected chi connectivity index (χ3v) is 3.39. The lowest BCUT2D eigenvalue weighted by atomic mass is 10.1. The molecule has 0 spiro atoms. The van der Waals surface area contributed by atoms with Gasteiger partial charge in [0, 0.05) is 10.2 Å². The number of nitrogens with two attached hydrogens (primary N) is 1. The Bertz CT molecular complexity index is 603. The largest absolute Gasteiger partial charge is 0.398 e. The van der Waals surface area contributed by atoms with Gasteiger partial charge in [0.1, 0.15) is 5.82 Å². The van der Waals surface area contributed by atoms with Crippen LogP contribution in [-0.4, -0.2) is 5.91 Å². The van der Waals surface area contributed by atoms with Gasteiger partial charge in [-0.05, 0) is 46.6 Å². The summed E-state index contributed by atoms with van der Waals surface area (Å²) in [7, 11) is 0. The van der Waals surface area contributed by atoms with Gasteiger partial charge in [0.15, 0.2) is 0 Å². The van der Waals surface area contributed by atoms with Crippen LogP contribution in [0.1, 0.15) is 15.9 Å². The van der Waals surface area contributed by atoms with Gasteiger partial charge in [-0.3, -0.25) is 4.79 Å². The van der Waals surface area contributed by atoms with Gasteiger partial charge in [-0.15, -0.1) is 0 Å². The SMILES string of the molecule is Cc1cccc(N)c1C(=O)Nc1c(F)cccc1Br. The molecule has 3 nitrogen and oxygen atoms in total. The fourth-order valence-electron chi connectivity index (χ4n) is 1.79. The molecule has 0 aliphatic carbocycles. The maximum Gasteiger partial charge on any atom is 0.258 e. The first-order valence-electron chi connectivity index (χ1n) is 5.61. The Labute approximate surface area is 118 Å². The first kappa shape index (κ1) is 13.5. The normalized spacial score (nSPS) is 10.3. The fourth-order valence-corrected chi connectivity index (χ4v) is 2.24. The molecule has 0 radical (unpaired) electrons. The van der Waals surface area contributed by atoms with Crippen LogP contribution >= 0.6 is 15.9 Å². The first-order chi connectivity index (χ1) is 9.00. The summed E-state index contributed by atoms with van der Waals surface area (Å²) in [5, 5.41) is 2.54. The molecule has 3 N–H and O–H groups in total. The molecular formula is C14H12BrFN2O. The van der Waals surface area contributed by atoms with Gasteiger partial charge in [-0.2, -0.15) is 0 Å². The quantitative estimate of drug-likeness (QED) is 0.828. The lowest BCUT2D eigenvalue weighted by Gasteiger charge is -2.11. The van der Waals surface area contributed by atoms with Crippen molar-refractivity contribution in [2.45, 2.75) is 6.92 Å². The van der Waals surface area contributed by atoms with Crippen LogP contribution < -0.4 is 11.1 Å². The van der Waals surface area contributed by atoms with Crippen LogP contribution in [0, 0.1) is 12.7 Å². The van der Waals surface area contributed by atoms with Crippen LogP contribution in [0.2, 0.25) is 0 Å². The maximum absolute atomic E-state index is 13.7. The van der Waals surface area contributed by atoms with E-state index >= 15 is 0 Å². The van der Waals surface area contributed by atoms with Crippen LogP contribution in [0.25, 0.3) is 0 Å². The van der Waals surface area contributed by atoms with Gasteiger partial charge in [0.05, 0.1) is 11.3 Å². The van der Waals surface area contributed by atoms with E-state index in [-0.39, 0.29) is 5.69 Å². The molecule has 19 heavy (non-hydrogen) atoms. The number of nitrogens with one attached hydrogen (secondary N) is 1. The molecule has 0 unspecified atom stereocenters. The smallest absolute Gasteiger partial charge is 0.258 e. The minimum Gasteiger partial charge on any atom is -0.398 e. The van der Waals surface area contributed by atoms with Crippen molar-refractivity contribution < 1.29 is 9.18 Å². The summed E-state index contributed by atoms with van der Waals surface area (Å²) in [5.74, 6) is -0.934. The van der Waals surface area contributed by atoms with Gasteiger partial charge in [0.25, 0.3) is 5.91 Å². The van der Waals surface area contributed by atoms with E-state index in [1.807, 2.05) is 0 Å². The number of halogens is 2. The Morgan fingerprint density at radius 1 is 1.26 bits per heavy atom. The van der Waals surface area contributed by atoms with Crippen molar-refractivity contribution in [1.82, 2.24) is 0 Å². The van der Waals surface area contributed by atoms with Crippen LogP contribution in [0.15, 0.2) is 40.9 Å². The highest BCUT2D eigenvalue weighted by Crippen LogP contribution is 2.26. The molecule has 0 aromatic heterocycles. The monoisotopic (exact) mass is 322 g/mol. The van der Waals surface area contributed by atoms with Crippen LogP contribution in [-0.2, 0) is 0 Å². The zero-order valence-corrected chi connectivity index (χ0v) is 11.8. The number of nitrogen functional groups attached to an aromatic ring is 1. The zero-order valence-electron chi connectivity index (χ0n) is 10.2. The van der Waals surface area contributed by atoms with Crippen molar-refractivity contribution in [3.63, 3.8) is 0 Å². The van der Waals surface area contributed by atoms with Crippen LogP contribution in [0.4, 0.5) is 15.8 Å². The summed E-state index contributed by atoms with van der Waals surface area (Å²) >= 11 is 3.20. The molecule has 0 aliphatic rings. The zero-order chi connectivity index (χ0) is 14.0. The topological polar surface area (TPSA) is 55.1 Å². The Kier molecular flexibility index (Phi) is 3.85. The van der Waals surface area contributed by atoms with Crippen molar-refractivity contribution >= 4 is 33.2 Å². The van der Waals surface area contributed by atoms with Gasteiger partial charge in [-0.25, -0.2) is 4.39 Å². The summed E-state index contributed by atoms with van der Waals surface area (Å²) < 4.78 is 14.1. The number of benzene rings is 2. The number of amides is 1. The summed E-state index contributed by atoms with van der Waals surface area (Å²) in [4.78, 5) is 12.2. The first-order valence-corrected chi connectivity index (χ1v) is 6.40. The predicted molar refractivity (Wildman–Crippen MR) is 77.6 cm³/mol. The van der Waals surface area contributed by atoms with Crippen molar-refractivity contribution in [3.8, 4) is 0 Å². The molecule has 0 bridgehead atoms. The Morgan fingerprint density at radius 2 is 1.95 bits per heavy atom. The van der Waals surface area contributed by atoms with Crippen LogP contribution in [0.5, 0.6) is 0 Å². The second kappa shape index (κ2) is 5.40. The molecule has 0 aliphatic heterocycles. The lowest BCUT2D eigenvalue weighted by molar-refractivity contribution is 0.102. The number of hydrogen-bond acceptors (Lipinski definition) is 2. The molecule has 0 saturated carbocycles. The fraction of sp³-hybridized carbons (Fsp3) is 0.0714. The van der Waals surface area contributed by atoms with E-state index in [0.29, 0.717) is 15.7 Å². The third-order valence-electron chi connectivity index (χ3n) is 2.73. The van der Waals surface area contributed by atoms with E-state index in [0.717, 1.165) is 5.56 Å². The number of aryl methyl sites for hydroxylation is 1. The molecule has 5 heteroatoms. The predicted octanol–water partition coefficient (Wildman–Crippen LogP) is 3.73. The molecule has 1 amide bonds. The Hall–Kier alpha value is -1.88. The lowest BCUT2D eigenvalue weighted by Crippen LogP contribution is -2.16. The van der Waals surface area contributed by atoms with Crippen molar-refractivity contribution in [1.29, 1.82) is 0 Å². The highest BCUT2D eigenvalue weighted by Gasteiger charge is 2.16. The summed E-state index contributed by atoms with van der Waals surface area (Å²) in [6, 6.07) is 9.67. The third kappa shape index (κ3) is 2.76.